The number of nitrogens with one attached hydrogen (secondary N) is 3. The standard InChI is InChI=1S/C39H48FN5O8/c1-38(2,3)52-36(49)41-31-16-9-4-6-11-23-17-27(23)29-19-39(29,35(48)43-53-25-13-7-5-8-14-25)42-33(46)32-18-26(21-45(32)34(31)47)51-37(50)44-20-24-12-10-15-30(40)28(24)22-44/h5,7-8,10,12-15,23,26-27,29,31-32H,4,6,9,11,16-22H2,1-3H3,(H,41,49)(H,42,46)(H,43,48)/t23?,26-,27?,29+,31+,32+,39-/m1/s1. The predicted molar refractivity (Wildman–Crippen MR) is 188 cm³/mol. The number of fused-ring (bicyclic) bond motifs is 5. The number of carbonyl (C=O) groups excluding carboxylic acids is 5. The molecule has 4 fully saturated rings. The molecule has 2 aromatic carbocycles. The molecule has 7 rings (SSSR count). The molecule has 0 spiro atoms. The number of nitrogens with zero attached hydrogens (tertiary/aromatic N) is 2. The Labute approximate surface area is 308 Å². The van der Waals surface area contributed by atoms with Crippen LogP contribution in [0.4, 0.5) is 14.0 Å². The Kier molecular flexibility index (Phi) is 9.98. The lowest BCUT2D eigenvalue weighted by atomic mass is 10.0. The highest BCUT2D eigenvalue weighted by Gasteiger charge is 2.68. The summed E-state index contributed by atoms with van der Waals surface area (Å²) in [5, 5.41) is 5.76. The van der Waals surface area contributed by atoms with Crippen molar-refractivity contribution in [2.45, 2.75) is 115 Å². The number of hydrogen-bond acceptors (Lipinski definition) is 8. The number of hydrogen-bond donors (Lipinski definition) is 3. The fraction of sp³-hybridized carbons (Fsp3) is 0.564. The first-order chi connectivity index (χ1) is 25.3. The number of hydroxylamine groups is 1. The number of halogens is 1. The lowest BCUT2D eigenvalue weighted by Gasteiger charge is -2.30. The van der Waals surface area contributed by atoms with Crippen molar-refractivity contribution in [1.82, 2.24) is 25.9 Å². The molecule has 3 aliphatic heterocycles. The van der Waals surface area contributed by atoms with Gasteiger partial charge in [-0.05, 0) is 81.5 Å². The minimum Gasteiger partial charge on any atom is -0.444 e. The fourth-order valence-electron chi connectivity index (χ4n) is 8.29. The number of benzene rings is 2. The molecule has 3 heterocycles. The zero-order chi connectivity index (χ0) is 37.5. The van der Waals surface area contributed by atoms with E-state index in [0.29, 0.717) is 42.1 Å². The minimum absolute atomic E-state index is 0.0352. The van der Waals surface area contributed by atoms with E-state index in [1.165, 1.54) is 15.9 Å². The third-order valence-electron chi connectivity index (χ3n) is 11.1. The maximum atomic E-state index is 14.5. The molecule has 2 aromatic rings. The second-order valence-electron chi connectivity index (χ2n) is 16.1. The maximum Gasteiger partial charge on any atom is 0.410 e. The first kappa shape index (κ1) is 36.5. The van der Waals surface area contributed by atoms with Gasteiger partial charge in [-0.15, -0.1) is 0 Å². The van der Waals surface area contributed by atoms with Gasteiger partial charge in [-0.25, -0.2) is 14.0 Å². The molecular weight excluding hydrogens is 685 g/mol. The minimum atomic E-state index is -1.24. The first-order valence-corrected chi connectivity index (χ1v) is 18.7. The molecular formula is C39H48FN5O8. The monoisotopic (exact) mass is 733 g/mol. The van der Waals surface area contributed by atoms with Gasteiger partial charge in [-0.1, -0.05) is 56.0 Å². The first-order valence-electron chi connectivity index (χ1n) is 18.7. The predicted octanol–water partition coefficient (Wildman–Crippen LogP) is 4.73. The fourth-order valence-corrected chi connectivity index (χ4v) is 8.29. The molecule has 13 nitrogen and oxygen atoms in total. The van der Waals surface area contributed by atoms with Gasteiger partial charge in [0.15, 0.2) is 5.75 Å². The van der Waals surface area contributed by atoms with Crippen LogP contribution in [0, 0.1) is 23.6 Å². The van der Waals surface area contributed by atoms with Crippen LogP contribution in [0.15, 0.2) is 48.5 Å². The molecule has 5 aliphatic rings. The molecule has 2 saturated carbocycles. The summed E-state index contributed by atoms with van der Waals surface area (Å²) in [7, 11) is 0. The Balaban J connectivity index is 1.13. The van der Waals surface area contributed by atoms with Crippen molar-refractivity contribution >= 4 is 29.9 Å². The normalized spacial score (nSPS) is 29.5. The van der Waals surface area contributed by atoms with Crippen molar-refractivity contribution in [3.8, 4) is 5.75 Å². The summed E-state index contributed by atoms with van der Waals surface area (Å²) in [6.45, 7) is 5.27. The molecule has 7 atom stereocenters. The Morgan fingerprint density at radius 1 is 0.962 bits per heavy atom. The Morgan fingerprint density at radius 3 is 2.49 bits per heavy atom. The summed E-state index contributed by atoms with van der Waals surface area (Å²) < 4.78 is 25.8. The molecule has 0 radical (unpaired) electrons. The van der Waals surface area contributed by atoms with E-state index in [2.05, 4.69) is 16.1 Å². The number of para-hydroxylation sites is 1. The number of amides is 5. The number of carbonyl (C=O) groups is 5. The van der Waals surface area contributed by atoms with Gasteiger partial charge in [-0.3, -0.25) is 19.3 Å². The van der Waals surface area contributed by atoms with Gasteiger partial charge >= 0.3 is 12.2 Å². The summed E-state index contributed by atoms with van der Waals surface area (Å²) in [6, 6.07) is 11.4. The maximum absolute atomic E-state index is 14.5. The van der Waals surface area contributed by atoms with Crippen LogP contribution in [0.1, 0.15) is 83.3 Å². The number of rotatable bonds is 5. The molecule has 2 saturated heterocycles. The average Bonchev–Trinajstić information content (AvgIpc) is 3.92. The highest BCUT2D eigenvalue weighted by molar-refractivity contribution is 5.98. The second kappa shape index (κ2) is 14.5. The van der Waals surface area contributed by atoms with Crippen molar-refractivity contribution in [3.63, 3.8) is 0 Å². The molecule has 53 heavy (non-hydrogen) atoms. The van der Waals surface area contributed by atoms with Crippen LogP contribution in [0.5, 0.6) is 5.75 Å². The van der Waals surface area contributed by atoms with Crippen LogP contribution in [0.25, 0.3) is 0 Å². The third-order valence-corrected chi connectivity index (χ3v) is 11.1. The van der Waals surface area contributed by atoms with E-state index in [4.69, 9.17) is 14.3 Å². The van der Waals surface area contributed by atoms with Gasteiger partial charge in [0, 0.05) is 18.5 Å². The topological polar surface area (TPSA) is 156 Å². The van der Waals surface area contributed by atoms with E-state index < -0.39 is 65.1 Å². The van der Waals surface area contributed by atoms with Crippen LogP contribution >= 0.6 is 0 Å². The summed E-state index contributed by atoms with van der Waals surface area (Å²) in [5.41, 5.74) is 1.61. The quantitative estimate of drug-likeness (QED) is 0.373. The molecule has 14 heteroatoms. The molecule has 284 valence electrons. The number of alkyl carbamates (subject to hydrolysis) is 1. The van der Waals surface area contributed by atoms with Gasteiger partial charge in [0.2, 0.25) is 11.8 Å². The summed E-state index contributed by atoms with van der Waals surface area (Å²) in [5.74, 6) is -0.910. The van der Waals surface area contributed by atoms with E-state index in [1.807, 2.05) is 6.07 Å². The highest BCUT2D eigenvalue weighted by Crippen LogP contribution is 2.61. The van der Waals surface area contributed by atoms with Gasteiger partial charge in [0.05, 0.1) is 13.1 Å². The lowest BCUT2D eigenvalue weighted by Crippen LogP contribution is -2.58. The largest absolute Gasteiger partial charge is 0.444 e. The second-order valence-corrected chi connectivity index (χ2v) is 16.1. The van der Waals surface area contributed by atoms with Crippen LogP contribution in [-0.4, -0.2) is 75.6 Å². The van der Waals surface area contributed by atoms with E-state index in [0.717, 1.165) is 25.7 Å². The van der Waals surface area contributed by atoms with Gasteiger partial charge in [0.25, 0.3) is 5.91 Å². The van der Waals surface area contributed by atoms with Crippen molar-refractivity contribution in [3.05, 3.63) is 65.5 Å². The average molecular weight is 734 g/mol. The van der Waals surface area contributed by atoms with E-state index in [1.54, 1.807) is 57.2 Å². The molecule has 2 unspecified atom stereocenters. The zero-order valence-corrected chi connectivity index (χ0v) is 30.4. The number of ether oxygens (including phenoxy) is 2. The molecule has 2 aliphatic carbocycles. The van der Waals surface area contributed by atoms with Crippen molar-refractivity contribution < 1.29 is 42.7 Å². The third kappa shape index (κ3) is 8.06. The van der Waals surface area contributed by atoms with Crippen molar-refractivity contribution in [2.24, 2.45) is 17.8 Å². The highest BCUT2D eigenvalue weighted by atomic mass is 19.1. The zero-order valence-electron chi connectivity index (χ0n) is 30.4. The van der Waals surface area contributed by atoms with Crippen LogP contribution in [0.2, 0.25) is 0 Å². The Bertz CT molecular complexity index is 1750. The van der Waals surface area contributed by atoms with Gasteiger partial charge < -0.3 is 29.8 Å². The molecule has 3 N–H and O–H groups in total. The molecule has 0 aromatic heterocycles. The van der Waals surface area contributed by atoms with Crippen LogP contribution < -0.4 is 21.0 Å². The van der Waals surface area contributed by atoms with E-state index in [9.17, 15) is 28.4 Å². The van der Waals surface area contributed by atoms with Gasteiger partial charge in [0.1, 0.15) is 35.1 Å². The smallest absolute Gasteiger partial charge is 0.410 e. The SMILES string of the molecule is CC(C)(C)OC(=O)N[C@H]1CCCCCC2CC2[C@@H]2C[C@@]2(C(=O)NOc2ccccc2)NC(=O)[C@@H]2C[C@@H](OC(=O)N3Cc4cccc(F)c4C3)CN2C1=O. The molecule has 5 amide bonds. The molecule has 0 bridgehead atoms. The van der Waals surface area contributed by atoms with E-state index in [-0.39, 0.29) is 37.9 Å². The summed E-state index contributed by atoms with van der Waals surface area (Å²) in [6.07, 6.45) is 2.75. The van der Waals surface area contributed by atoms with Crippen molar-refractivity contribution in [1.29, 1.82) is 0 Å². The van der Waals surface area contributed by atoms with Crippen LogP contribution in [0.3, 0.4) is 0 Å². The van der Waals surface area contributed by atoms with E-state index >= 15 is 0 Å². The summed E-state index contributed by atoms with van der Waals surface area (Å²) in [4.78, 5) is 77.3. The van der Waals surface area contributed by atoms with Gasteiger partial charge in [-0.2, -0.15) is 5.48 Å². The van der Waals surface area contributed by atoms with Crippen molar-refractivity contribution in [2.75, 3.05) is 6.54 Å². The Hall–Kier alpha value is -4.88. The Morgan fingerprint density at radius 2 is 1.74 bits per heavy atom. The summed E-state index contributed by atoms with van der Waals surface area (Å²) >= 11 is 0. The lowest BCUT2D eigenvalue weighted by molar-refractivity contribution is -0.142. The van der Waals surface area contributed by atoms with Crippen LogP contribution in [-0.2, 0) is 36.9 Å².